The second-order valence-electron chi connectivity index (χ2n) is 5.05. The molecule has 0 aromatic heterocycles. The Kier molecular flexibility index (Phi) is 4.42. The lowest BCUT2D eigenvalue weighted by Gasteiger charge is -2.39. The van der Waals surface area contributed by atoms with E-state index in [1.54, 1.807) is 4.90 Å². The van der Waals surface area contributed by atoms with Crippen LogP contribution in [0.15, 0.2) is 18.2 Å². The minimum Gasteiger partial charge on any atom is -0.334 e. The molecule has 0 radical (unpaired) electrons. The van der Waals surface area contributed by atoms with Crippen LogP contribution >= 0.6 is 11.6 Å². The van der Waals surface area contributed by atoms with Gasteiger partial charge in [-0.15, -0.1) is 0 Å². The van der Waals surface area contributed by atoms with Gasteiger partial charge in [0.25, 0.3) is 5.91 Å². The Hall–Kier alpha value is -1.13. The lowest BCUT2D eigenvalue weighted by Crippen LogP contribution is -2.51. The number of carbonyl (C=O) groups excluding carboxylic acids is 1. The average molecular weight is 285 g/mol. The summed E-state index contributed by atoms with van der Waals surface area (Å²) in [7, 11) is 0. The molecule has 2 atom stereocenters. The number of carbonyl (C=O) groups is 1. The van der Waals surface area contributed by atoms with Gasteiger partial charge in [-0.05, 0) is 37.0 Å². The highest BCUT2D eigenvalue weighted by Crippen LogP contribution is 2.25. The molecule has 2 N–H and O–H groups in total. The van der Waals surface area contributed by atoms with Crippen LogP contribution in [0, 0.1) is 11.7 Å². The van der Waals surface area contributed by atoms with Crippen LogP contribution in [-0.2, 0) is 0 Å². The molecule has 1 fully saturated rings. The highest BCUT2D eigenvalue weighted by atomic mass is 35.5. The Bertz CT molecular complexity index is 481. The van der Waals surface area contributed by atoms with Crippen molar-refractivity contribution in [2.45, 2.75) is 25.8 Å². The summed E-state index contributed by atoms with van der Waals surface area (Å²) in [5.74, 6) is -0.518. The molecule has 1 amide bonds. The number of nitrogens with two attached hydrogens (primary N) is 1. The Morgan fingerprint density at radius 3 is 3.00 bits per heavy atom. The fourth-order valence-electron chi connectivity index (χ4n) is 2.68. The quantitative estimate of drug-likeness (QED) is 0.907. The van der Waals surface area contributed by atoms with Gasteiger partial charge in [0.1, 0.15) is 5.82 Å². The Labute approximate surface area is 117 Å². The lowest BCUT2D eigenvalue weighted by atomic mass is 9.90. The molecule has 0 bridgehead atoms. The van der Waals surface area contributed by atoms with Crippen molar-refractivity contribution in [1.82, 2.24) is 4.90 Å². The maximum absolute atomic E-state index is 13.8. The Morgan fingerprint density at radius 1 is 1.58 bits per heavy atom. The first kappa shape index (κ1) is 14.3. The third-order valence-electron chi connectivity index (χ3n) is 3.78. The standard InChI is InChI=1S/C14H18ClFN2O/c1-9-3-2-6-18(13(9)8-17)14(19)11-7-10(15)4-5-12(11)16/h4-5,7,9,13H,2-3,6,8,17H2,1H3/t9-,13-/m1/s1. The minimum atomic E-state index is -0.539. The van der Waals surface area contributed by atoms with Crippen LogP contribution in [0.4, 0.5) is 4.39 Å². The molecule has 1 aromatic carbocycles. The van der Waals surface area contributed by atoms with Gasteiger partial charge in [-0.2, -0.15) is 0 Å². The van der Waals surface area contributed by atoms with Crippen molar-refractivity contribution in [3.63, 3.8) is 0 Å². The second-order valence-corrected chi connectivity index (χ2v) is 5.48. The van der Waals surface area contributed by atoms with Gasteiger partial charge in [0.2, 0.25) is 0 Å². The highest BCUT2D eigenvalue weighted by Gasteiger charge is 2.32. The zero-order valence-electron chi connectivity index (χ0n) is 10.9. The molecular formula is C14H18ClFN2O. The predicted octanol–water partition coefficient (Wildman–Crippen LogP) is 2.68. The van der Waals surface area contributed by atoms with Crippen molar-refractivity contribution in [1.29, 1.82) is 0 Å². The normalized spacial score (nSPS) is 23.5. The number of hydrogen-bond donors (Lipinski definition) is 1. The van der Waals surface area contributed by atoms with E-state index in [9.17, 15) is 9.18 Å². The van der Waals surface area contributed by atoms with E-state index in [-0.39, 0.29) is 17.5 Å². The summed E-state index contributed by atoms with van der Waals surface area (Å²) in [5, 5.41) is 0.360. The fraction of sp³-hybridized carbons (Fsp3) is 0.500. The first-order valence-electron chi connectivity index (χ1n) is 6.50. The molecule has 0 spiro atoms. The largest absolute Gasteiger partial charge is 0.334 e. The van der Waals surface area contributed by atoms with Gasteiger partial charge < -0.3 is 10.6 Å². The van der Waals surface area contributed by atoms with E-state index in [1.165, 1.54) is 18.2 Å². The van der Waals surface area contributed by atoms with E-state index >= 15 is 0 Å². The van der Waals surface area contributed by atoms with Gasteiger partial charge in [-0.3, -0.25) is 4.79 Å². The van der Waals surface area contributed by atoms with Gasteiger partial charge in [0.15, 0.2) is 0 Å². The van der Waals surface area contributed by atoms with Crippen LogP contribution in [0.5, 0.6) is 0 Å². The summed E-state index contributed by atoms with van der Waals surface area (Å²) in [6.07, 6.45) is 1.97. The Morgan fingerprint density at radius 2 is 2.32 bits per heavy atom. The number of nitrogens with zero attached hydrogens (tertiary/aromatic N) is 1. The summed E-state index contributed by atoms with van der Waals surface area (Å²) in [6, 6.07) is 4.01. The molecule has 1 heterocycles. The van der Waals surface area contributed by atoms with E-state index in [0.717, 1.165) is 12.8 Å². The van der Waals surface area contributed by atoms with E-state index < -0.39 is 5.82 Å². The molecule has 0 aliphatic carbocycles. The van der Waals surface area contributed by atoms with Crippen LogP contribution in [-0.4, -0.2) is 29.9 Å². The number of rotatable bonds is 2. The summed E-state index contributed by atoms with van der Waals surface area (Å²) < 4.78 is 13.8. The van der Waals surface area contributed by atoms with E-state index in [0.29, 0.717) is 24.0 Å². The van der Waals surface area contributed by atoms with Crippen LogP contribution in [0.1, 0.15) is 30.1 Å². The molecule has 104 valence electrons. The zero-order chi connectivity index (χ0) is 14.0. The van der Waals surface area contributed by atoms with Crippen molar-refractivity contribution in [2.24, 2.45) is 11.7 Å². The lowest BCUT2D eigenvalue weighted by molar-refractivity contribution is 0.0528. The summed E-state index contributed by atoms with van der Waals surface area (Å²) >= 11 is 5.84. The van der Waals surface area contributed by atoms with Crippen LogP contribution in [0.25, 0.3) is 0 Å². The number of piperidine rings is 1. The first-order chi connectivity index (χ1) is 9.04. The third kappa shape index (κ3) is 2.90. The maximum Gasteiger partial charge on any atom is 0.257 e. The van der Waals surface area contributed by atoms with E-state index in [4.69, 9.17) is 17.3 Å². The molecule has 1 aliphatic rings. The first-order valence-corrected chi connectivity index (χ1v) is 6.88. The van der Waals surface area contributed by atoms with Gasteiger partial charge in [0, 0.05) is 24.2 Å². The minimum absolute atomic E-state index is 0.0278. The highest BCUT2D eigenvalue weighted by molar-refractivity contribution is 6.31. The number of hydrogen-bond acceptors (Lipinski definition) is 2. The topological polar surface area (TPSA) is 46.3 Å². The van der Waals surface area contributed by atoms with Gasteiger partial charge in [0.05, 0.1) is 5.56 Å². The SMILES string of the molecule is C[C@@H]1CCCN(C(=O)c2cc(Cl)ccc2F)[C@@H]1CN. The molecule has 1 aliphatic heterocycles. The summed E-state index contributed by atoms with van der Waals surface area (Å²) in [4.78, 5) is 14.1. The number of likely N-dealkylation sites (tertiary alicyclic amines) is 1. The molecule has 1 saturated heterocycles. The Balaban J connectivity index is 2.29. The average Bonchev–Trinajstić information content (AvgIpc) is 2.40. The molecular weight excluding hydrogens is 267 g/mol. The van der Waals surface area contributed by atoms with E-state index in [2.05, 4.69) is 6.92 Å². The van der Waals surface area contributed by atoms with Gasteiger partial charge in [-0.1, -0.05) is 18.5 Å². The molecule has 5 heteroatoms. The van der Waals surface area contributed by atoms with Crippen molar-refractivity contribution < 1.29 is 9.18 Å². The second kappa shape index (κ2) is 5.88. The molecule has 0 unspecified atom stereocenters. The number of benzene rings is 1. The van der Waals surface area contributed by atoms with Crippen molar-refractivity contribution in [2.75, 3.05) is 13.1 Å². The smallest absolute Gasteiger partial charge is 0.257 e. The third-order valence-corrected chi connectivity index (χ3v) is 4.01. The monoisotopic (exact) mass is 284 g/mol. The predicted molar refractivity (Wildman–Crippen MR) is 73.7 cm³/mol. The van der Waals surface area contributed by atoms with Crippen molar-refractivity contribution in [3.05, 3.63) is 34.6 Å². The summed E-state index contributed by atoms with van der Waals surface area (Å²) in [5.41, 5.74) is 5.78. The zero-order valence-corrected chi connectivity index (χ0v) is 11.7. The maximum atomic E-state index is 13.8. The van der Waals surface area contributed by atoms with Crippen LogP contribution in [0.2, 0.25) is 5.02 Å². The molecule has 0 saturated carbocycles. The summed E-state index contributed by atoms with van der Waals surface area (Å²) in [6.45, 7) is 3.09. The molecule has 2 rings (SSSR count). The molecule has 19 heavy (non-hydrogen) atoms. The van der Waals surface area contributed by atoms with Crippen molar-refractivity contribution >= 4 is 17.5 Å². The van der Waals surface area contributed by atoms with E-state index in [1.807, 2.05) is 0 Å². The molecule has 1 aromatic rings. The van der Waals surface area contributed by atoms with Gasteiger partial charge in [-0.25, -0.2) is 4.39 Å². The fourth-order valence-corrected chi connectivity index (χ4v) is 2.85. The number of amides is 1. The van der Waals surface area contributed by atoms with Gasteiger partial charge >= 0.3 is 0 Å². The molecule has 3 nitrogen and oxygen atoms in total. The van der Waals surface area contributed by atoms with Crippen LogP contribution < -0.4 is 5.73 Å². The van der Waals surface area contributed by atoms with Crippen molar-refractivity contribution in [3.8, 4) is 0 Å². The van der Waals surface area contributed by atoms with Crippen LogP contribution in [0.3, 0.4) is 0 Å². The number of halogens is 2.